The van der Waals surface area contributed by atoms with E-state index in [0.29, 0.717) is 15.7 Å². The van der Waals surface area contributed by atoms with Crippen LogP contribution in [-0.4, -0.2) is 15.9 Å². The molecule has 1 aromatic heterocycles. The zero-order chi connectivity index (χ0) is 18.7. The third kappa shape index (κ3) is 4.07. The number of para-hydroxylation sites is 1. The molecule has 0 bridgehead atoms. The summed E-state index contributed by atoms with van der Waals surface area (Å²) in [6.45, 7) is 0. The fourth-order valence-electron chi connectivity index (χ4n) is 2.02. The third-order valence-electron chi connectivity index (χ3n) is 3.29. The molecule has 0 saturated heterocycles. The summed E-state index contributed by atoms with van der Waals surface area (Å²) in [4.78, 5) is 20.1. The molecule has 5 nitrogen and oxygen atoms in total. The van der Waals surface area contributed by atoms with E-state index in [-0.39, 0.29) is 11.5 Å². The SMILES string of the molecule is O=C(Nc1c(F)cccc1F)c1cnc(Nc2ccc(Cl)cc2Cl)nc1. The molecule has 0 radical (unpaired) electrons. The number of halogens is 4. The first-order chi connectivity index (χ1) is 12.4. The largest absolute Gasteiger partial charge is 0.323 e. The number of anilines is 3. The molecule has 0 saturated carbocycles. The number of rotatable bonds is 4. The summed E-state index contributed by atoms with van der Waals surface area (Å²) < 4.78 is 27.2. The van der Waals surface area contributed by atoms with Crippen molar-refractivity contribution in [2.24, 2.45) is 0 Å². The maximum atomic E-state index is 13.6. The van der Waals surface area contributed by atoms with Gasteiger partial charge in [-0.25, -0.2) is 18.7 Å². The number of hydrogen-bond acceptors (Lipinski definition) is 4. The first-order valence-electron chi connectivity index (χ1n) is 7.23. The maximum Gasteiger partial charge on any atom is 0.258 e. The molecule has 132 valence electrons. The monoisotopic (exact) mass is 394 g/mol. The fourth-order valence-corrected chi connectivity index (χ4v) is 2.48. The van der Waals surface area contributed by atoms with Crippen LogP contribution >= 0.6 is 23.2 Å². The lowest BCUT2D eigenvalue weighted by molar-refractivity contribution is 0.102. The minimum Gasteiger partial charge on any atom is -0.323 e. The van der Waals surface area contributed by atoms with Crippen molar-refractivity contribution >= 4 is 46.4 Å². The van der Waals surface area contributed by atoms with Crippen LogP contribution in [0.3, 0.4) is 0 Å². The van der Waals surface area contributed by atoms with Gasteiger partial charge in [0.2, 0.25) is 5.95 Å². The number of carbonyl (C=O) groups excluding carboxylic acids is 1. The minimum atomic E-state index is -0.880. The van der Waals surface area contributed by atoms with Gasteiger partial charge < -0.3 is 10.6 Å². The molecular weight excluding hydrogens is 385 g/mol. The van der Waals surface area contributed by atoms with Gasteiger partial charge in [0.1, 0.15) is 17.3 Å². The molecule has 2 N–H and O–H groups in total. The Kier molecular flexibility index (Phi) is 5.29. The summed E-state index contributed by atoms with van der Waals surface area (Å²) in [7, 11) is 0. The second kappa shape index (κ2) is 7.63. The number of hydrogen-bond donors (Lipinski definition) is 2. The van der Waals surface area contributed by atoms with E-state index in [9.17, 15) is 13.6 Å². The summed E-state index contributed by atoms with van der Waals surface area (Å²) in [6.07, 6.45) is 2.43. The molecule has 0 spiro atoms. The van der Waals surface area contributed by atoms with Gasteiger partial charge in [-0.1, -0.05) is 29.3 Å². The number of amides is 1. The number of nitrogens with zero attached hydrogens (tertiary/aromatic N) is 2. The molecule has 9 heteroatoms. The van der Waals surface area contributed by atoms with Gasteiger partial charge in [0, 0.05) is 17.4 Å². The van der Waals surface area contributed by atoms with Crippen molar-refractivity contribution in [2.45, 2.75) is 0 Å². The van der Waals surface area contributed by atoms with Gasteiger partial charge in [-0.3, -0.25) is 4.79 Å². The van der Waals surface area contributed by atoms with Crippen LogP contribution in [0.2, 0.25) is 10.0 Å². The lowest BCUT2D eigenvalue weighted by atomic mass is 10.2. The Hall–Kier alpha value is -2.77. The molecular formula is C17H10Cl2F2N4O. The highest BCUT2D eigenvalue weighted by molar-refractivity contribution is 6.36. The first kappa shape index (κ1) is 18.0. The Morgan fingerprint density at radius 1 is 1.00 bits per heavy atom. The van der Waals surface area contributed by atoms with Crippen LogP contribution in [0.5, 0.6) is 0 Å². The molecule has 0 atom stereocenters. The Balaban J connectivity index is 1.74. The fraction of sp³-hybridized carbons (Fsp3) is 0. The van der Waals surface area contributed by atoms with E-state index in [4.69, 9.17) is 23.2 Å². The maximum absolute atomic E-state index is 13.6. The zero-order valence-electron chi connectivity index (χ0n) is 12.9. The van der Waals surface area contributed by atoms with E-state index in [2.05, 4.69) is 20.6 Å². The summed E-state index contributed by atoms with van der Waals surface area (Å²) in [5, 5.41) is 5.88. The highest BCUT2D eigenvalue weighted by Gasteiger charge is 2.14. The first-order valence-corrected chi connectivity index (χ1v) is 7.99. The van der Waals surface area contributed by atoms with Crippen molar-refractivity contribution in [3.05, 3.63) is 76.0 Å². The van der Waals surface area contributed by atoms with Gasteiger partial charge in [-0.15, -0.1) is 0 Å². The summed E-state index contributed by atoms with van der Waals surface area (Å²) >= 11 is 11.9. The van der Waals surface area contributed by atoms with Crippen molar-refractivity contribution < 1.29 is 13.6 Å². The van der Waals surface area contributed by atoms with Crippen molar-refractivity contribution in [2.75, 3.05) is 10.6 Å². The molecule has 0 aliphatic carbocycles. The summed E-state index contributed by atoms with van der Waals surface area (Å²) in [5.41, 5.74) is 0.0229. The van der Waals surface area contributed by atoms with Gasteiger partial charge in [0.15, 0.2) is 0 Å². The Labute approximate surface area is 157 Å². The number of nitrogens with one attached hydrogen (secondary N) is 2. The standard InChI is InChI=1S/C17H10Cl2F2N4O/c18-10-4-5-14(11(19)6-10)24-17-22-7-9(8-23-17)16(26)25-15-12(20)2-1-3-13(15)21/h1-8H,(H,25,26)(H,22,23,24). The highest BCUT2D eigenvalue weighted by atomic mass is 35.5. The topological polar surface area (TPSA) is 66.9 Å². The quantitative estimate of drug-likeness (QED) is 0.648. The lowest BCUT2D eigenvalue weighted by Gasteiger charge is -2.09. The van der Waals surface area contributed by atoms with E-state index in [1.54, 1.807) is 18.2 Å². The molecule has 0 fully saturated rings. The smallest absolute Gasteiger partial charge is 0.258 e. The van der Waals surface area contributed by atoms with E-state index < -0.39 is 23.2 Å². The minimum absolute atomic E-state index is 0.0282. The van der Waals surface area contributed by atoms with Gasteiger partial charge in [-0.05, 0) is 30.3 Å². The average Bonchev–Trinajstić information content (AvgIpc) is 2.61. The molecule has 26 heavy (non-hydrogen) atoms. The van der Waals surface area contributed by atoms with Crippen molar-refractivity contribution in [3.63, 3.8) is 0 Å². The van der Waals surface area contributed by atoms with Gasteiger partial charge in [0.05, 0.1) is 16.3 Å². The average molecular weight is 395 g/mol. The van der Waals surface area contributed by atoms with E-state index >= 15 is 0 Å². The van der Waals surface area contributed by atoms with E-state index in [1.165, 1.54) is 18.5 Å². The van der Waals surface area contributed by atoms with Crippen molar-refractivity contribution in [1.82, 2.24) is 9.97 Å². The van der Waals surface area contributed by atoms with Gasteiger partial charge in [0.25, 0.3) is 5.91 Å². The lowest BCUT2D eigenvalue weighted by Crippen LogP contribution is -2.15. The molecule has 2 aromatic carbocycles. The zero-order valence-corrected chi connectivity index (χ0v) is 14.4. The predicted octanol–water partition coefficient (Wildman–Crippen LogP) is 5.06. The molecule has 0 aliphatic heterocycles. The molecule has 3 aromatic rings. The number of aromatic nitrogens is 2. The van der Waals surface area contributed by atoms with Crippen molar-refractivity contribution in [1.29, 1.82) is 0 Å². The predicted molar refractivity (Wildman–Crippen MR) is 96.1 cm³/mol. The summed E-state index contributed by atoms with van der Waals surface area (Å²) in [6, 6.07) is 8.12. The van der Waals surface area contributed by atoms with Gasteiger partial charge >= 0.3 is 0 Å². The second-order valence-corrected chi connectivity index (χ2v) is 5.94. The molecule has 1 amide bonds. The summed E-state index contributed by atoms with van der Waals surface area (Å²) in [5.74, 6) is -2.32. The van der Waals surface area contributed by atoms with Crippen LogP contribution in [0.25, 0.3) is 0 Å². The van der Waals surface area contributed by atoms with E-state index in [0.717, 1.165) is 12.1 Å². The van der Waals surface area contributed by atoms with Crippen LogP contribution in [0.15, 0.2) is 48.8 Å². The Bertz CT molecular complexity index is 947. The Morgan fingerprint density at radius 2 is 1.65 bits per heavy atom. The molecule has 0 unspecified atom stereocenters. The van der Waals surface area contributed by atoms with Crippen LogP contribution in [-0.2, 0) is 0 Å². The second-order valence-electron chi connectivity index (χ2n) is 5.10. The van der Waals surface area contributed by atoms with Crippen LogP contribution in [0.4, 0.5) is 26.1 Å². The van der Waals surface area contributed by atoms with Crippen LogP contribution in [0.1, 0.15) is 10.4 Å². The van der Waals surface area contributed by atoms with Crippen LogP contribution < -0.4 is 10.6 Å². The number of benzene rings is 2. The third-order valence-corrected chi connectivity index (χ3v) is 3.84. The molecule has 1 heterocycles. The Morgan fingerprint density at radius 3 is 2.27 bits per heavy atom. The van der Waals surface area contributed by atoms with Crippen LogP contribution in [0, 0.1) is 11.6 Å². The van der Waals surface area contributed by atoms with Gasteiger partial charge in [-0.2, -0.15) is 0 Å². The molecule has 3 rings (SSSR count). The molecule has 0 aliphatic rings. The normalized spacial score (nSPS) is 10.5. The number of carbonyl (C=O) groups is 1. The van der Waals surface area contributed by atoms with E-state index in [1.807, 2.05) is 0 Å². The highest BCUT2D eigenvalue weighted by Crippen LogP contribution is 2.27. The van der Waals surface area contributed by atoms with Crippen molar-refractivity contribution in [3.8, 4) is 0 Å².